The maximum absolute atomic E-state index is 5.92. The summed E-state index contributed by atoms with van der Waals surface area (Å²) in [5.74, 6) is 1.55. The molecule has 2 aromatic carbocycles. The average Bonchev–Trinajstić information content (AvgIpc) is 2.62. The zero-order chi connectivity index (χ0) is 17.7. The fraction of sp³-hybridized carbons (Fsp3) is 0.190. The minimum absolute atomic E-state index is 0. The van der Waals surface area contributed by atoms with Crippen LogP contribution < -0.4 is 4.74 Å². The molecule has 0 bridgehead atoms. The van der Waals surface area contributed by atoms with E-state index in [2.05, 4.69) is 4.99 Å². The Balaban J connectivity index is 0.00000243. The second kappa shape index (κ2) is 8.72. The molecule has 0 amide bonds. The number of halogens is 1. The molecular formula is C21H22BrNO3. The number of aliphatic imine (C=N–C) groups is 1. The Morgan fingerprint density at radius 3 is 2.31 bits per heavy atom. The van der Waals surface area contributed by atoms with Gasteiger partial charge < -0.3 is 14.2 Å². The van der Waals surface area contributed by atoms with Gasteiger partial charge >= 0.3 is 0 Å². The van der Waals surface area contributed by atoms with Crippen molar-refractivity contribution >= 4 is 34.6 Å². The van der Waals surface area contributed by atoms with Crippen LogP contribution in [0.4, 0.5) is 5.69 Å². The summed E-state index contributed by atoms with van der Waals surface area (Å²) in [7, 11) is 1.64. The third-order valence-electron chi connectivity index (χ3n) is 3.59. The molecular weight excluding hydrogens is 394 g/mol. The number of rotatable bonds is 4. The fourth-order valence-corrected chi connectivity index (χ4v) is 2.45. The molecule has 1 aliphatic rings. The van der Waals surface area contributed by atoms with E-state index in [0.717, 1.165) is 22.8 Å². The molecule has 136 valence electrons. The van der Waals surface area contributed by atoms with Crippen LogP contribution in [0.2, 0.25) is 0 Å². The summed E-state index contributed by atoms with van der Waals surface area (Å²) in [5, 5.41) is 0. The van der Waals surface area contributed by atoms with Crippen molar-refractivity contribution in [3.05, 3.63) is 78.1 Å². The molecule has 0 spiro atoms. The average molecular weight is 416 g/mol. The quantitative estimate of drug-likeness (QED) is 0.602. The predicted octanol–water partition coefficient (Wildman–Crippen LogP) is 5.68. The van der Waals surface area contributed by atoms with Crippen molar-refractivity contribution in [2.45, 2.75) is 19.6 Å². The van der Waals surface area contributed by atoms with Crippen LogP contribution in [0.1, 0.15) is 19.4 Å². The zero-order valence-corrected chi connectivity index (χ0v) is 16.7. The second-order valence-corrected chi connectivity index (χ2v) is 6.02. The first-order valence-corrected chi connectivity index (χ1v) is 8.09. The van der Waals surface area contributed by atoms with Gasteiger partial charge in [-0.25, -0.2) is 0 Å². The second-order valence-electron chi connectivity index (χ2n) is 6.02. The standard InChI is InChI=1S/C21H21NO3.BrH/c1-21(2)24-19(15-20(25-21)16-7-5-4-6-8-16)13-14-22-17-9-11-18(23-3)12-10-17;/h4-15H,1-3H3;1H/b19-13-,22-14?;. The van der Waals surface area contributed by atoms with Crippen molar-refractivity contribution in [2.75, 3.05) is 7.11 Å². The van der Waals surface area contributed by atoms with Crippen LogP contribution in [0.15, 0.2) is 77.5 Å². The highest BCUT2D eigenvalue weighted by atomic mass is 79.9. The number of ether oxygens (including phenoxy) is 3. The van der Waals surface area contributed by atoms with E-state index in [1.54, 1.807) is 13.3 Å². The molecule has 26 heavy (non-hydrogen) atoms. The van der Waals surface area contributed by atoms with E-state index in [1.807, 2.05) is 80.6 Å². The normalized spacial score (nSPS) is 17.0. The SMILES string of the molecule is Br.COc1ccc(N=C/C=C2/C=C(c3ccccc3)OC(C)(C)O2)cc1. The van der Waals surface area contributed by atoms with Gasteiger partial charge in [0.05, 0.1) is 12.8 Å². The Labute approximate surface area is 164 Å². The van der Waals surface area contributed by atoms with Crippen molar-refractivity contribution in [3.8, 4) is 5.75 Å². The Bertz CT molecular complexity index is 809. The summed E-state index contributed by atoms with van der Waals surface area (Å²) < 4.78 is 16.9. The van der Waals surface area contributed by atoms with Gasteiger partial charge in [-0.1, -0.05) is 30.3 Å². The van der Waals surface area contributed by atoms with Gasteiger partial charge in [0.2, 0.25) is 5.79 Å². The molecule has 0 radical (unpaired) electrons. The maximum atomic E-state index is 5.92. The monoisotopic (exact) mass is 415 g/mol. The highest BCUT2D eigenvalue weighted by Crippen LogP contribution is 2.32. The number of benzene rings is 2. The van der Waals surface area contributed by atoms with Crippen molar-refractivity contribution < 1.29 is 14.2 Å². The highest BCUT2D eigenvalue weighted by Gasteiger charge is 2.28. The molecule has 1 aliphatic heterocycles. The summed E-state index contributed by atoms with van der Waals surface area (Å²) in [4.78, 5) is 4.41. The fourth-order valence-electron chi connectivity index (χ4n) is 2.45. The highest BCUT2D eigenvalue weighted by molar-refractivity contribution is 8.93. The Hall–Kier alpha value is -2.53. The summed E-state index contributed by atoms with van der Waals surface area (Å²) in [6.45, 7) is 3.77. The number of allylic oxidation sites excluding steroid dienone is 2. The van der Waals surface area contributed by atoms with E-state index in [1.165, 1.54) is 0 Å². The number of hydrogen-bond acceptors (Lipinski definition) is 4. The first kappa shape index (κ1) is 19.8. The smallest absolute Gasteiger partial charge is 0.245 e. The molecule has 0 unspecified atom stereocenters. The first-order valence-electron chi connectivity index (χ1n) is 8.09. The molecule has 0 N–H and O–H groups in total. The molecule has 1 heterocycles. The lowest BCUT2D eigenvalue weighted by atomic mass is 10.1. The van der Waals surface area contributed by atoms with Crippen LogP contribution in [0.25, 0.3) is 5.76 Å². The number of hydrogen-bond donors (Lipinski definition) is 0. The maximum Gasteiger partial charge on any atom is 0.245 e. The Morgan fingerprint density at radius 2 is 1.65 bits per heavy atom. The Kier molecular flexibility index (Phi) is 6.64. The van der Waals surface area contributed by atoms with E-state index < -0.39 is 5.79 Å². The third-order valence-corrected chi connectivity index (χ3v) is 3.59. The van der Waals surface area contributed by atoms with Gasteiger partial charge in [0.1, 0.15) is 17.3 Å². The van der Waals surface area contributed by atoms with Gasteiger partial charge in [0.25, 0.3) is 0 Å². The van der Waals surface area contributed by atoms with Crippen molar-refractivity contribution in [3.63, 3.8) is 0 Å². The van der Waals surface area contributed by atoms with Crippen LogP contribution in [0, 0.1) is 0 Å². The van der Waals surface area contributed by atoms with Crippen molar-refractivity contribution in [1.29, 1.82) is 0 Å². The largest absolute Gasteiger partial charge is 0.497 e. The lowest BCUT2D eigenvalue weighted by Crippen LogP contribution is -2.30. The first-order chi connectivity index (χ1) is 12.1. The van der Waals surface area contributed by atoms with Gasteiger partial charge in [0.15, 0.2) is 0 Å². The Morgan fingerprint density at radius 1 is 0.962 bits per heavy atom. The lowest BCUT2D eigenvalue weighted by Gasteiger charge is -2.33. The lowest BCUT2D eigenvalue weighted by molar-refractivity contribution is -0.149. The molecule has 3 rings (SSSR count). The van der Waals surface area contributed by atoms with E-state index in [-0.39, 0.29) is 17.0 Å². The molecule has 0 saturated carbocycles. The van der Waals surface area contributed by atoms with E-state index >= 15 is 0 Å². The minimum atomic E-state index is -0.736. The van der Waals surface area contributed by atoms with Crippen LogP contribution in [-0.2, 0) is 9.47 Å². The molecule has 5 heteroatoms. The molecule has 0 saturated heterocycles. The van der Waals surface area contributed by atoms with Crippen LogP contribution in [0.5, 0.6) is 5.75 Å². The predicted molar refractivity (Wildman–Crippen MR) is 110 cm³/mol. The molecule has 4 nitrogen and oxygen atoms in total. The minimum Gasteiger partial charge on any atom is -0.497 e. The van der Waals surface area contributed by atoms with Gasteiger partial charge in [0, 0.05) is 31.7 Å². The van der Waals surface area contributed by atoms with Crippen LogP contribution in [0.3, 0.4) is 0 Å². The molecule has 0 aliphatic carbocycles. The van der Waals surface area contributed by atoms with Gasteiger partial charge in [-0.3, -0.25) is 4.99 Å². The topological polar surface area (TPSA) is 40.0 Å². The zero-order valence-electron chi connectivity index (χ0n) is 15.0. The number of methoxy groups -OCH3 is 1. The van der Waals surface area contributed by atoms with Gasteiger partial charge in [-0.15, -0.1) is 17.0 Å². The van der Waals surface area contributed by atoms with Crippen molar-refractivity contribution in [2.24, 2.45) is 4.99 Å². The summed E-state index contributed by atoms with van der Waals surface area (Å²) in [6.07, 6.45) is 5.43. The van der Waals surface area contributed by atoms with Gasteiger partial charge in [-0.2, -0.15) is 0 Å². The van der Waals surface area contributed by atoms with Crippen LogP contribution in [-0.4, -0.2) is 19.1 Å². The van der Waals surface area contributed by atoms with E-state index in [4.69, 9.17) is 14.2 Å². The van der Waals surface area contributed by atoms with Gasteiger partial charge in [-0.05, 0) is 30.3 Å². The van der Waals surface area contributed by atoms with E-state index in [0.29, 0.717) is 5.76 Å². The molecule has 0 fully saturated rings. The van der Waals surface area contributed by atoms with Crippen molar-refractivity contribution in [1.82, 2.24) is 0 Å². The number of nitrogens with zero attached hydrogens (tertiary/aromatic N) is 1. The summed E-state index contributed by atoms with van der Waals surface area (Å²) in [6, 6.07) is 17.5. The van der Waals surface area contributed by atoms with E-state index in [9.17, 15) is 0 Å². The molecule has 0 aromatic heterocycles. The summed E-state index contributed by atoms with van der Waals surface area (Å²) in [5.41, 5.74) is 1.85. The molecule has 2 aromatic rings. The summed E-state index contributed by atoms with van der Waals surface area (Å²) >= 11 is 0. The van der Waals surface area contributed by atoms with Crippen LogP contribution >= 0.6 is 17.0 Å². The molecule has 0 atom stereocenters. The third kappa shape index (κ3) is 5.23.